The normalized spacial score (nSPS) is 25.5. The van der Waals surface area contributed by atoms with Gasteiger partial charge in [0, 0.05) is 17.5 Å². The van der Waals surface area contributed by atoms with Crippen LogP contribution in [-0.2, 0) is 19.6 Å². The molecule has 1 saturated carbocycles. The Morgan fingerprint density at radius 3 is 2.66 bits per heavy atom. The summed E-state index contributed by atoms with van der Waals surface area (Å²) in [6, 6.07) is 14.0. The van der Waals surface area contributed by atoms with Crippen LogP contribution in [-0.4, -0.2) is 25.6 Å². The van der Waals surface area contributed by atoms with Crippen LogP contribution in [0, 0.1) is 24.7 Å². The molecule has 0 spiro atoms. The molecule has 1 heterocycles. The van der Waals surface area contributed by atoms with E-state index in [9.17, 15) is 18.3 Å². The van der Waals surface area contributed by atoms with Crippen LogP contribution in [0.1, 0.15) is 49.1 Å². The van der Waals surface area contributed by atoms with Gasteiger partial charge in [-0.25, -0.2) is 8.42 Å². The van der Waals surface area contributed by atoms with Crippen LogP contribution in [0.3, 0.4) is 0 Å². The SMILES string of the molecule is Cc1cccc(S(=O)(=O)Nc2cccc(C(C3CC3)C3C(=O)OC4=CC=CCCCC4C3O)c2)c1. The molecule has 7 heteroatoms. The fourth-order valence-corrected chi connectivity index (χ4v) is 6.55. The van der Waals surface area contributed by atoms with Crippen molar-refractivity contribution in [1.82, 2.24) is 0 Å². The van der Waals surface area contributed by atoms with Gasteiger partial charge >= 0.3 is 5.97 Å². The number of fused-ring (bicyclic) bond motifs is 1. The van der Waals surface area contributed by atoms with E-state index in [1.54, 1.807) is 42.5 Å². The summed E-state index contributed by atoms with van der Waals surface area (Å²) in [5.74, 6) is -0.739. The van der Waals surface area contributed by atoms with Crippen molar-refractivity contribution in [2.24, 2.45) is 17.8 Å². The maximum Gasteiger partial charge on any atom is 0.317 e. The van der Waals surface area contributed by atoms with E-state index in [-0.39, 0.29) is 22.6 Å². The first-order valence-electron chi connectivity index (χ1n) is 12.3. The highest BCUT2D eigenvalue weighted by molar-refractivity contribution is 7.92. The van der Waals surface area contributed by atoms with Crippen molar-refractivity contribution >= 4 is 21.7 Å². The monoisotopic (exact) mass is 493 g/mol. The van der Waals surface area contributed by atoms with Gasteiger partial charge in [0.25, 0.3) is 10.0 Å². The third-order valence-electron chi connectivity index (χ3n) is 7.26. The number of sulfonamides is 1. The molecule has 2 aromatic carbocycles. The first kappa shape index (κ1) is 23.8. The number of carbonyl (C=O) groups excluding carboxylic acids is 1. The van der Waals surface area contributed by atoms with E-state index in [1.807, 2.05) is 31.2 Å². The van der Waals surface area contributed by atoms with Gasteiger partial charge in [-0.2, -0.15) is 0 Å². The number of benzene rings is 2. The van der Waals surface area contributed by atoms with Crippen LogP contribution in [0.5, 0.6) is 0 Å². The van der Waals surface area contributed by atoms with Crippen molar-refractivity contribution in [3.63, 3.8) is 0 Å². The van der Waals surface area contributed by atoms with Crippen LogP contribution in [0.2, 0.25) is 0 Å². The summed E-state index contributed by atoms with van der Waals surface area (Å²) in [5, 5.41) is 11.4. The zero-order valence-corrected chi connectivity index (χ0v) is 20.6. The molecule has 2 N–H and O–H groups in total. The number of hydrogen-bond acceptors (Lipinski definition) is 5. The highest BCUT2D eigenvalue weighted by Gasteiger charge is 2.50. The Morgan fingerprint density at radius 1 is 1.09 bits per heavy atom. The Balaban J connectivity index is 1.44. The number of rotatable bonds is 6. The van der Waals surface area contributed by atoms with Crippen molar-refractivity contribution in [2.45, 2.75) is 55.9 Å². The number of hydrogen-bond donors (Lipinski definition) is 2. The molecule has 1 saturated heterocycles. The fourth-order valence-electron chi connectivity index (χ4n) is 5.40. The molecule has 35 heavy (non-hydrogen) atoms. The fraction of sp³-hybridized carbons (Fsp3) is 0.393. The van der Waals surface area contributed by atoms with Crippen LogP contribution < -0.4 is 4.72 Å². The molecule has 2 aromatic rings. The smallest absolute Gasteiger partial charge is 0.317 e. The van der Waals surface area contributed by atoms with Crippen LogP contribution >= 0.6 is 0 Å². The average Bonchev–Trinajstić information content (AvgIpc) is 3.63. The van der Waals surface area contributed by atoms with Crippen molar-refractivity contribution in [2.75, 3.05) is 4.72 Å². The summed E-state index contributed by atoms with van der Waals surface area (Å²) >= 11 is 0. The highest BCUT2D eigenvalue weighted by atomic mass is 32.2. The Bertz CT molecular complexity index is 1280. The number of carbonyl (C=O) groups is 1. The number of esters is 1. The molecule has 0 amide bonds. The van der Waals surface area contributed by atoms with Crippen LogP contribution in [0.4, 0.5) is 5.69 Å². The molecule has 6 nitrogen and oxygen atoms in total. The van der Waals surface area contributed by atoms with E-state index in [1.165, 1.54) is 0 Å². The van der Waals surface area contributed by atoms with Crippen molar-refractivity contribution in [3.05, 3.63) is 83.6 Å². The van der Waals surface area contributed by atoms with E-state index >= 15 is 0 Å². The number of aliphatic hydroxyl groups is 1. The van der Waals surface area contributed by atoms with E-state index in [0.717, 1.165) is 43.2 Å². The number of allylic oxidation sites excluding steroid dienone is 3. The highest BCUT2D eigenvalue weighted by Crippen LogP contribution is 2.51. The molecule has 0 bridgehead atoms. The molecular formula is C28H31NO5S. The maximum atomic E-state index is 13.2. The van der Waals surface area contributed by atoms with Crippen LogP contribution in [0.25, 0.3) is 0 Å². The van der Waals surface area contributed by atoms with Gasteiger partial charge in [-0.05, 0) is 86.4 Å². The zero-order valence-electron chi connectivity index (χ0n) is 19.8. The van der Waals surface area contributed by atoms with Gasteiger partial charge in [-0.15, -0.1) is 0 Å². The predicted molar refractivity (Wildman–Crippen MR) is 134 cm³/mol. The largest absolute Gasteiger partial charge is 0.430 e. The molecule has 2 aliphatic carbocycles. The lowest BCUT2D eigenvalue weighted by Crippen LogP contribution is -2.45. The molecule has 5 rings (SSSR count). The predicted octanol–water partition coefficient (Wildman–Crippen LogP) is 5.06. The lowest BCUT2D eigenvalue weighted by molar-refractivity contribution is -0.160. The summed E-state index contributed by atoms with van der Waals surface area (Å²) in [6.45, 7) is 1.85. The second kappa shape index (κ2) is 9.63. The standard InChI is InChI=1S/C28H31NO5S/c1-18-8-6-11-22(16-18)35(32,33)29-21-10-7-9-20(17-21)25(19-14-15-19)26-27(30)23-12-4-2-3-5-13-24(23)34-28(26)31/h3,5-11,13,16-17,19,23,25-27,29-30H,2,4,12,14-15H2,1H3. The minimum atomic E-state index is -3.76. The molecule has 0 radical (unpaired) electrons. The molecule has 3 aliphatic rings. The molecule has 4 unspecified atom stereocenters. The van der Waals surface area contributed by atoms with Gasteiger partial charge in [0.2, 0.25) is 0 Å². The molecule has 0 aromatic heterocycles. The zero-order chi connectivity index (χ0) is 24.6. The maximum absolute atomic E-state index is 13.2. The van der Waals surface area contributed by atoms with Crippen molar-refractivity contribution < 1.29 is 23.1 Å². The van der Waals surface area contributed by atoms with Gasteiger partial charge in [0.15, 0.2) is 0 Å². The minimum absolute atomic E-state index is 0.200. The van der Waals surface area contributed by atoms with Gasteiger partial charge in [0.1, 0.15) is 5.76 Å². The second-order valence-corrected chi connectivity index (χ2v) is 11.6. The van der Waals surface area contributed by atoms with Gasteiger partial charge in [-0.3, -0.25) is 9.52 Å². The third-order valence-corrected chi connectivity index (χ3v) is 8.64. The molecule has 2 fully saturated rings. The Hall–Kier alpha value is -2.90. The van der Waals surface area contributed by atoms with Crippen LogP contribution in [0.15, 0.2) is 77.4 Å². The van der Waals surface area contributed by atoms with E-state index < -0.39 is 28.0 Å². The Kier molecular flexibility index (Phi) is 6.55. The average molecular weight is 494 g/mol. The third kappa shape index (κ3) is 5.07. The lowest BCUT2D eigenvalue weighted by Gasteiger charge is -2.39. The number of anilines is 1. The first-order chi connectivity index (χ1) is 16.8. The van der Waals surface area contributed by atoms with Gasteiger partial charge in [-0.1, -0.05) is 36.4 Å². The number of aliphatic hydroxyl groups excluding tert-OH is 1. The van der Waals surface area contributed by atoms with Crippen molar-refractivity contribution in [1.29, 1.82) is 0 Å². The number of nitrogens with one attached hydrogen (secondary N) is 1. The van der Waals surface area contributed by atoms with E-state index in [2.05, 4.69) is 4.72 Å². The van der Waals surface area contributed by atoms with Gasteiger partial charge < -0.3 is 9.84 Å². The number of ether oxygens (including phenoxy) is 1. The molecule has 1 aliphatic heterocycles. The first-order valence-corrected chi connectivity index (χ1v) is 13.8. The summed E-state index contributed by atoms with van der Waals surface area (Å²) in [6.07, 6.45) is 9.45. The topological polar surface area (TPSA) is 92.7 Å². The molecular weight excluding hydrogens is 462 g/mol. The quantitative estimate of drug-likeness (QED) is 0.549. The van der Waals surface area contributed by atoms with Crippen molar-refractivity contribution in [3.8, 4) is 0 Å². The number of aryl methyl sites for hydroxylation is 1. The minimum Gasteiger partial charge on any atom is -0.430 e. The van der Waals surface area contributed by atoms with E-state index in [4.69, 9.17) is 4.74 Å². The summed E-state index contributed by atoms with van der Waals surface area (Å²) < 4.78 is 34.4. The molecule has 184 valence electrons. The lowest BCUT2D eigenvalue weighted by atomic mass is 9.72. The molecule has 4 atom stereocenters. The summed E-state index contributed by atoms with van der Waals surface area (Å²) in [5.41, 5.74) is 2.14. The van der Waals surface area contributed by atoms with E-state index in [0.29, 0.717) is 11.4 Å². The Morgan fingerprint density at radius 2 is 1.89 bits per heavy atom. The Labute approximate surface area is 206 Å². The second-order valence-electron chi connectivity index (χ2n) is 9.88. The summed E-state index contributed by atoms with van der Waals surface area (Å²) in [7, 11) is -3.76. The summed E-state index contributed by atoms with van der Waals surface area (Å²) in [4.78, 5) is 13.4. The van der Waals surface area contributed by atoms with Gasteiger partial charge in [0.05, 0.1) is 16.9 Å².